The maximum atomic E-state index is 3.12. The molecule has 0 saturated heterocycles. The highest BCUT2D eigenvalue weighted by Crippen LogP contribution is 2.00. The number of rotatable bonds is 2. The van der Waals surface area contributed by atoms with Crippen LogP contribution in [0.5, 0.6) is 0 Å². The number of nitrogens with zero attached hydrogens (tertiary/aromatic N) is 1. The van der Waals surface area contributed by atoms with E-state index < -0.39 is 0 Å². The standard InChI is InChI=1S/C7H14N2.C4H10.C2H6/c1-7(2)5-9-4-3-8-6-9;1-4(2)3;1-2/h3-4,7-8H,5-6H2,1-2H3;4H,1-3H3;1-2H3. The summed E-state index contributed by atoms with van der Waals surface area (Å²) in [6.07, 6.45) is 4.09. The third-order valence-corrected chi connectivity index (χ3v) is 1.30. The summed E-state index contributed by atoms with van der Waals surface area (Å²) in [5.41, 5.74) is 0. The zero-order valence-electron chi connectivity index (χ0n) is 11.7. The molecule has 1 aliphatic rings. The van der Waals surface area contributed by atoms with E-state index in [0.29, 0.717) is 0 Å². The minimum Gasteiger partial charge on any atom is -0.373 e. The van der Waals surface area contributed by atoms with Gasteiger partial charge in [-0.15, -0.1) is 0 Å². The van der Waals surface area contributed by atoms with Crippen LogP contribution in [0.4, 0.5) is 0 Å². The second-order valence-corrected chi connectivity index (χ2v) is 4.58. The third kappa shape index (κ3) is 16.0. The van der Waals surface area contributed by atoms with E-state index in [0.717, 1.165) is 25.0 Å². The topological polar surface area (TPSA) is 15.3 Å². The largest absolute Gasteiger partial charge is 0.373 e. The molecule has 92 valence electrons. The molecule has 0 aromatic rings. The van der Waals surface area contributed by atoms with Crippen molar-refractivity contribution in [2.24, 2.45) is 11.8 Å². The number of hydrogen-bond acceptors (Lipinski definition) is 2. The highest BCUT2D eigenvalue weighted by Gasteiger charge is 2.03. The van der Waals surface area contributed by atoms with E-state index in [1.54, 1.807) is 0 Å². The Labute approximate surface area is 96.7 Å². The maximum absolute atomic E-state index is 3.12. The quantitative estimate of drug-likeness (QED) is 0.754. The predicted octanol–water partition coefficient (Wildman–Crippen LogP) is 3.66. The smallest absolute Gasteiger partial charge is 0.0867 e. The first-order chi connectivity index (χ1) is 7.02. The van der Waals surface area contributed by atoms with Crippen LogP contribution >= 0.6 is 0 Å². The lowest BCUT2D eigenvalue weighted by molar-refractivity contribution is 0.343. The van der Waals surface area contributed by atoms with Gasteiger partial charge in [0.05, 0.1) is 6.67 Å². The Morgan fingerprint density at radius 3 is 1.87 bits per heavy atom. The molecular formula is C13H30N2. The molecule has 1 rings (SSSR count). The summed E-state index contributed by atoms with van der Waals surface area (Å²) in [6, 6.07) is 0. The van der Waals surface area contributed by atoms with E-state index in [-0.39, 0.29) is 0 Å². The van der Waals surface area contributed by atoms with Gasteiger partial charge in [-0.2, -0.15) is 0 Å². The Bertz CT molecular complexity index is 137. The van der Waals surface area contributed by atoms with Crippen molar-refractivity contribution >= 4 is 0 Å². The highest BCUT2D eigenvalue weighted by atomic mass is 15.2. The third-order valence-electron chi connectivity index (χ3n) is 1.30. The lowest BCUT2D eigenvalue weighted by atomic mass is 10.2. The molecule has 0 amide bonds. The van der Waals surface area contributed by atoms with Crippen LogP contribution in [0.3, 0.4) is 0 Å². The summed E-state index contributed by atoms with van der Waals surface area (Å²) in [7, 11) is 0. The van der Waals surface area contributed by atoms with Crippen LogP contribution in [0.2, 0.25) is 0 Å². The van der Waals surface area contributed by atoms with Gasteiger partial charge in [-0.3, -0.25) is 0 Å². The lowest BCUT2D eigenvalue weighted by Crippen LogP contribution is -2.24. The van der Waals surface area contributed by atoms with Crippen molar-refractivity contribution in [1.82, 2.24) is 10.2 Å². The normalized spacial score (nSPS) is 13.0. The van der Waals surface area contributed by atoms with E-state index in [4.69, 9.17) is 0 Å². The van der Waals surface area contributed by atoms with Gasteiger partial charge < -0.3 is 10.2 Å². The summed E-state index contributed by atoms with van der Waals surface area (Å²) in [5.74, 6) is 1.59. The zero-order valence-corrected chi connectivity index (χ0v) is 11.7. The summed E-state index contributed by atoms with van der Waals surface area (Å²) < 4.78 is 0. The minimum absolute atomic E-state index is 0.759. The Hall–Kier alpha value is -0.660. The molecule has 0 bridgehead atoms. The fourth-order valence-electron chi connectivity index (χ4n) is 0.975. The van der Waals surface area contributed by atoms with Crippen molar-refractivity contribution in [2.75, 3.05) is 13.2 Å². The first kappa shape index (κ1) is 16.8. The average Bonchev–Trinajstić information content (AvgIpc) is 2.58. The van der Waals surface area contributed by atoms with Crippen LogP contribution < -0.4 is 5.32 Å². The highest BCUT2D eigenvalue weighted by molar-refractivity contribution is 4.87. The molecule has 2 heteroatoms. The summed E-state index contributed by atoms with van der Waals surface area (Å²) >= 11 is 0. The van der Waals surface area contributed by atoms with E-state index >= 15 is 0 Å². The Morgan fingerprint density at radius 2 is 1.60 bits per heavy atom. The molecule has 0 fully saturated rings. The van der Waals surface area contributed by atoms with Gasteiger partial charge in [0.15, 0.2) is 0 Å². The van der Waals surface area contributed by atoms with Gasteiger partial charge in [-0.25, -0.2) is 0 Å². The molecule has 1 N–H and O–H groups in total. The molecule has 0 saturated carbocycles. The molecular weight excluding hydrogens is 184 g/mol. The van der Waals surface area contributed by atoms with E-state index in [1.165, 1.54) is 0 Å². The van der Waals surface area contributed by atoms with Gasteiger partial charge in [0.25, 0.3) is 0 Å². The molecule has 1 heterocycles. The molecule has 0 atom stereocenters. The van der Waals surface area contributed by atoms with Gasteiger partial charge in [-0.05, 0) is 11.8 Å². The fourth-order valence-corrected chi connectivity index (χ4v) is 0.975. The lowest BCUT2D eigenvalue weighted by Gasteiger charge is -2.16. The Kier molecular flexibility index (Phi) is 12.8. The summed E-state index contributed by atoms with van der Waals surface area (Å²) in [6.45, 7) is 17.1. The van der Waals surface area contributed by atoms with Crippen LogP contribution in [0.1, 0.15) is 48.5 Å². The fraction of sp³-hybridized carbons (Fsp3) is 0.846. The Balaban J connectivity index is 0. The molecule has 0 aromatic heterocycles. The van der Waals surface area contributed by atoms with Crippen molar-refractivity contribution in [3.63, 3.8) is 0 Å². The van der Waals surface area contributed by atoms with Crippen molar-refractivity contribution < 1.29 is 0 Å². The second-order valence-electron chi connectivity index (χ2n) is 4.58. The van der Waals surface area contributed by atoms with Gasteiger partial charge in [0.1, 0.15) is 0 Å². The maximum Gasteiger partial charge on any atom is 0.0867 e. The molecule has 0 unspecified atom stereocenters. The second kappa shape index (κ2) is 11.4. The monoisotopic (exact) mass is 214 g/mol. The molecule has 0 aliphatic carbocycles. The summed E-state index contributed by atoms with van der Waals surface area (Å²) in [4.78, 5) is 2.27. The van der Waals surface area contributed by atoms with Crippen LogP contribution in [-0.4, -0.2) is 18.1 Å². The zero-order chi connectivity index (χ0) is 12.3. The first-order valence-corrected chi connectivity index (χ1v) is 6.16. The first-order valence-electron chi connectivity index (χ1n) is 6.16. The number of hydrogen-bond donors (Lipinski definition) is 1. The van der Waals surface area contributed by atoms with E-state index in [1.807, 2.05) is 20.0 Å². The molecule has 0 radical (unpaired) electrons. The van der Waals surface area contributed by atoms with Gasteiger partial charge >= 0.3 is 0 Å². The van der Waals surface area contributed by atoms with Gasteiger partial charge in [-0.1, -0.05) is 48.5 Å². The molecule has 15 heavy (non-hydrogen) atoms. The van der Waals surface area contributed by atoms with Crippen molar-refractivity contribution in [2.45, 2.75) is 48.5 Å². The van der Waals surface area contributed by atoms with Crippen LogP contribution in [0.15, 0.2) is 12.4 Å². The van der Waals surface area contributed by atoms with Crippen molar-refractivity contribution in [3.05, 3.63) is 12.4 Å². The van der Waals surface area contributed by atoms with Crippen LogP contribution in [0, 0.1) is 11.8 Å². The number of nitrogens with one attached hydrogen (secondary N) is 1. The minimum atomic E-state index is 0.759. The Morgan fingerprint density at radius 1 is 1.13 bits per heavy atom. The van der Waals surface area contributed by atoms with Crippen molar-refractivity contribution in [1.29, 1.82) is 0 Å². The molecule has 2 nitrogen and oxygen atoms in total. The van der Waals surface area contributed by atoms with E-state index in [2.05, 4.69) is 51.0 Å². The average molecular weight is 214 g/mol. The van der Waals surface area contributed by atoms with E-state index in [9.17, 15) is 0 Å². The van der Waals surface area contributed by atoms with Gasteiger partial charge in [0.2, 0.25) is 0 Å². The van der Waals surface area contributed by atoms with Crippen molar-refractivity contribution in [3.8, 4) is 0 Å². The van der Waals surface area contributed by atoms with Crippen LogP contribution in [0.25, 0.3) is 0 Å². The molecule has 1 aliphatic heterocycles. The van der Waals surface area contributed by atoms with Gasteiger partial charge in [0, 0.05) is 18.9 Å². The SMILES string of the molecule is CC.CC(C)C.CC(C)CN1C=CNC1. The molecule has 0 aromatic carbocycles. The predicted molar refractivity (Wildman–Crippen MR) is 70.5 cm³/mol. The molecule has 0 spiro atoms. The van der Waals surface area contributed by atoms with Crippen LogP contribution in [-0.2, 0) is 0 Å². The summed E-state index contributed by atoms with van der Waals surface area (Å²) in [5, 5.41) is 3.12.